The van der Waals surface area contributed by atoms with Crippen molar-refractivity contribution >= 4 is 5.57 Å². The smallest absolute Gasteiger partial charge is 0.00134 e. The fourth-order valence-electron chi connectivity index (χ4n) is 4.98. The van der Waals surface area contributed by atoms with E-state index < -0.39 is 0 Å². The molecule has 0 spiro atoms. The first-order valence-corrected chi connectivity index (χ1v) is 14.7. The zero-order valence-corrected chi connectivity index (χ0v) is 24.0. The highest BCUT2D eigenvalue weighted by atomic mass is 14.2. The van der Waals surface area contributed by atoms with Crippen molar-refractivity contribution in [1.82, 2.24) is 0 Å². The second-order valence-corrected chi connectivity index (χ2v) is 10.8. The van der Waals surface area contributed by atoms with Gasteiger partial charge < -0.3 is 0 Å². The van der Waals surface area contributed by atoms with E-state index in [1.54, 1.807) is 0 Å². The minimum atomic E-state index is 0.769. The molecule has 36 heavy (non-hydrogen) atoms. The molecular weight excluding hydrogens is 432 g/mol. The SMILES string of the molecule is C=C1/C=C\C(CC(CC)CCCC)=C/C/C=C2\C(=C/C1=C)Cc1ccccc12.CCCCC(C)CC. The lowest BCUT2D eigenvalue weighted by atomic mass is 9.91. The summed E-state index contributed by atoms with van der Waals surface area (Å²) in [5, 5.41) is 0. The van der Waals surface area contributed by atoms with Crippen molar-refractivity contribution in [3.05, 3.63) is 101 Å². The number of hydrogen-bond donors (Lipinski definition) is 0. The number of unbranched alkanes of at least 4 members (excludes halogenated alkanes) is 2. The van der Waals surface area contributed by atoms with Crippen LogP contribution in [0.4, 0.5) is 0 Å². The molecule has 0 fully saturated rings. The van der Waals surface area contributed by atoms with Crippen molar-refractivity contribution in [1.29, 1.82) is 0 Å². The lowest BCUT2D eigenvalue weighted by Crippen LogP contribution is -2.00. The second kappa shape index (κ2) is 16.4. The molecule has 0 aromatic heterocycles. The second-order valence-electron chi connectivity index (χ2n) is 10.8. The topological polar surface area (TPSA) is 0 Å². The monoisotopic (exact) mass is 484 g/mol. The van der Waals surface area contributed by atoms with Gasteiger partial charge in [0.1, 0.15) is 0 Å². The quantitative estimate of drug-likeness (QED) is 0.310. The van der Waals surface area contributed by atoms with Gasteiger partial charge in [-0.1, -0.05) is 159 Å². The van der Waals surface area contributed by atoms with E-state index in [-0.39, 0.29) is 0 Å². The van der Waals surface area contributed by atoms with Crippen LogP contribution in [0.1, 0.15) is 110 Å². The minimum absolute atomic E-state index is 0.769. The van der Waals surface area contributed by atoms with Crippen LogP contribution in [0.2, 0.25) is 0 Å². The van der Waals surface area contributed by atoms with Crippen LogP contribution in [-0.2, 0) is 6.42 Å². The first-order valence-electron chi connectivity index (χ1n) is 14.7. The molecule has 3 rings (SSSR count). The van der Waals surface area contributed by atoms with Gasteiger partial charge in [-0.2, -0.15) is 0 Å². The van der Waals surface area contributed by atoms with E-state index in [2.05, 4.69) is 102 Å². The van der Waals surface area contributed by atoms with E-state index in [4.69, 9.17) is 0 Å². The van der Waals surface area contributed by atoms with Gasteiger partial charge in [-0.3, -0.25) is 0 Å². The van der Waals surface area contributed by atoms with Crippen molar-refractivity contribution in [2.45, 2.75) is 105 Å². The van der Waals surface area contributed by atoms with Gasteiger partial charge in [-0.15, -0.1) is 0 Å². The first kappa shape index (κ1) is 29.9. The van der Waals surface area contributed by atoms with E-state index in [0.29, 0.717) is 0 Å². The van der Waals surface area contributed by atoms with Gasteiger partial charge in [-0.05, 0) is 64.5 Å². The molecule has 2 aliphatic carbocycles. The molecule has 0 heteroatoms. The molecule has 196 valence electrons. The van der Waals surface area contributed by atoms with Crippen LogP contribution in [-0.4, -0.2) is 0 Å². The molecule has 1 aromatic rings. The van der Waals surface area contributed by atoms with Crippen LogP contribution in [0.3, 0.4) is 0 Å². The molecule has 0 saturated carbocycles. The third-order valence-corrected chi connectivity index (χ3v) is 7.81. The summed E-state index contributed by atoms with van der Waals surface area (Å²) in [6.07, 6.45) is 25.3. The van der Waals surface area contributed by atoms with E-state index in [1.807, 2.05) is 0 Å². The van der Waals surface area contributed by atoms with Gasteiger partial charge in [0.2, 0.25) is 0 Å². The molecule has 0 saturated heterocycles. The van der Waals surface area contributed by atoms with Crippen molar-refractivity contribution in [2.75, 3.05) is 0 Å². The Morgan fingerprint density at radius 1 is 0.833 bits per heavy atom. The van der Waals surface area contributed by atoms with E-state index in [1.165, 1.54) is 79.2 Å². The number of benzene rings is 1. The van der Waals surface area contributed by atoms with Crippen LogP contribution < -0.4 is 0 Å². The summed E-state index contributed by atoms with van der Waals surface area (Å²) in [5.74, 6) is 1.72. The van der Waals surface area contributed by atoms with Crippen LogP contribution in [0.15, 0.2) is 90.1 Å². The van der Waals surface area contributed by atoms with Crippen molar-refractivity contribution < 1.29 is 0 Å². The van der Waals surface area contributed by atoms with Crippen LogP contribution in [0.5, 0.6) is 0 Å². The van der Waals surface area contributed by atoms with Crippen LogP contribution >= 0.6 is 0 Å². The highest BCUT2D eigenvalue weighted by Gasteiger charge is 2.20. The molecule has 0 bridgehead atoms. The van der Waals surface area contributed by atoms with Gasteiger partial charge in [-0.25, -0.2) is 0 Å². The Morgan fingerprint density at radius 2 is 1.56 bits per heavy atom. The predicted octanol–water partition coefficient (Wildman–Crippen LogP) is 11.4. The highest BCUT2D eigenvalue weighted by Crippen LogP contribution is 2.38. The van der Waals surface area contributed by atoms with Gasteiger partial charge in [0.25, 0.3) is 0 Å². The molecule has 1 aromatic carbocycles. The standard InChI is InChI=1S/C28H34.C8H18/c1-5-7-11-23(6-2)19-24-12-10-15-28-26(18-22(4)21(3)16-17-24)20-25-13-8-9-14-27(25)28;1-4-6-7-8(3)5-2/h8-9,12-18,23H,3-7,10-11,19-20H2,1-2H3;8H,4-7H2,1-3H3/b17-16-,24-12+,26-18-,28-15+;. The summed E-state index contributed by atoms with van der Waals surface area (Å²) in [6, 6.07) is 8.77. The largest absolute Gasteiger partial charge is 0.0912 e. The summed E-state index contributed by atoms with van der Waals surface area (Å²) in [5.41, 5.74) is 9.00. The van der Waals surface area contributed by atoms with Gasteiger partial charge in [0.05, 0.1) is 0 Å². The Bertz CT molecular complexity index is 962. The molecule has 0 radical (unpaired) electrons. The molecule has 0 amide bonds. The maximum atomic E-state index is 4.29. The molecule has 0 N–H and O–H groups in total. The summed E-state index contributed by atoms with van der Waals surface area (Å²) in [6.45, 7) is 20.0. The average Bonchev–Trinajstić information content (AvgIpc) is 3.23. The maximum absolute atomic E-state index is 4.29. The van der Waals surface area contributed by atoms with Gasteiger partial charge in [0, 0.05) is 0 Å². The lowest BCUT2D eigenvalue weighted by Gasteiger charge is -2.15. The highest BCUT2D eigenvalue weighted by molar-refractivity contribution is 5.86. The van der Waals surface area contributed by atoms with E-state index >= 15 is 0 Å². The summed E-state index contributed by atoms with van der Waals surface area (Å²) in [4.78, 5) is 0. The Hall–Kier alpha value is -2.34. The van der Waals surface area contributed by atoms with Crippen molar-refractivity contribution in [3.8, 4) is 0 Å². The Balaban J connectivity index is 0.000000493. The molecule has 2 aliphatic rings. The molecule has 2 unspecified atom stereocenters. The number of allylic oxidation sites excluding steroid dienone is 10. The molecule has 0 aliphatic heterocycles. The third kappa shape index (κ3) is 9.61. The number of rotatable bonds is 10. The normalized spacial score (nSPS) is 22.2. The number of hydrogen-bond acceptors (Lipinski definition) is 0. The maximum Gasteiger partial charge on any atom is -0.00134 e. The number of fused-ring (bicyclic) bond motifs is 3. The molecular formula is C36H52. The van der Waals surface area contributed by atoms with E-state index in [9.17, 15) is 0 Å². The molecule has 2 atom stereocenters. The zero-order chi connectivity index (χ0) is 26.3. The van der Waals surface area contributed by atoms with Crippen LogP contribution in [0, 0.1) is 11.8 Å². The predicted molar refractivity (Wildman–Crippen MR) is 163 cm³/mol. The first-order chi connectivity index (χ1) is 17.4. The van der Waals surface area contributed by atoms with E-state index in [0.717, 1.165) is 42.2 Å². The Labute approximate surface area is 223 Å². The fraction of sp³-hybridized carbons (Fsp3) is 0.500. The minimum Gasteiger partial charge on any atom is -0.0912 e. The summed E-state index contributed by atoms with van der Waals surface area (Å²) < 4.78 is 0. The zero-order valence-electron chi connectivity index (χ0n) is 24.0. The lowest BCUT2D eigenvalue weighted by molar-refractivity contribution is 0.450. The molecule has 0 nitrogen and oxygen atoms in total. The van der Waals surface area contributed by atoms with Gasteiger partial charge >= 0.3 is 0 Å². The van der Waals surface area contributed by atoms with Gasteiger partial charge in [0.15, 0.2) is 0 Å². The Kier molecular flexibility index (Phi) is 13.6. The molecule has 0 heterocycles. The van der Waals surface area contributed by atoms with Crippen molar-refractivity contribution in [2.24, 2.45) is 11.8 Å². The summed E-state index contributed by atoms with van der Waals surface area (Å²) >= 11 is 0. The summed E-state index contributed by atoms with van der Waals surface area (Å²) in [7, 11) is 0. The Morgan fingerprint density at radius 3 is 2.25 bits per heavy atom. The van der Waals surface area contributed by atoms with Crippen molar-refractivity contribution in [3.63, 3.8) is 0 Å². The average molecular weight is 485 g/mol. The van der Waals surface area contributed by atoms with Crippen LogP contribution in [0.25, 0.3) is 5.57 Å². The fourth-order valence-corrected chi connectivity index (χ4v) is 4.98. The third-order valence-electron chi connectivity index (χ3n) is 7.81.